The van der Waals surface area contributed by atoms with E-state index in [1.54, 1.807) is 0 Å². The van der Waals surface area contributed by atoms with Crippen LogP contribution in [0, 0.1) is 11.8 Å². The zero-order valence-electron chi connectivity index (χ0n) is 14.9. The van der Waals surface area contributed by atoms with Gasteiger partial charge in [0, 0.05) is 24.4 Å². The minimum Gasteiger partial charge on any atom is -0.356 e. The van der Waals surface area contributed by atoms with E-state index >= 15 is 0 Å². The predicted octanol–water partition coefficient (Wildman–Crippen LogP) is 3.07. The smallest absolute Gasteiger partial charge is 0.223 e. The van der Waals surface area contributed by atoms with Gasteiger partial charge in [-0.25, -0.2) is 0 Å². The van der Waals surface area contributed by atoms with Crippen molar-refractivity contribution >= 4 is 11.8 Å². The van der Waals surface area contributed by atoms with Crippen molar-refractivity contribution in [2.75, 3.05) is 6.54 Å². The zero-order chi connectivity index (χ0) is 17.4. The predicted molar refractivity (Wildman–Crippen MR) is 96.5 cm³/mol. The molecule has 2 N–H and O–H groups in total. The maximum absolute atomic E-state index is 12.3. The Balaban J connectivity index is 1.63. The van der Waals surface area contributed by atoms with Gasteiger partial charge in [0.25, 0.3) is 0 Å². The van der Waals surface area contributed by atoms with Gasteiger partial charge in [-0.3, -0.25) is 9.59 Å². The highest BCUT2D eigenvalue weighted by Crippen LogP contribution is 2.29. The van der Waals surface area contributed by atoms with Crippen LogP contribution in [0.1, 0.15) is 51.5 Å². The second kappa shape index (κ2) is 9.45. The Labute approximate surface area is 145 Å². The van der Waals surface area contributed by atoms with Crippen LogP contribution < -0.4 is 10.6 Å². The number of amides is 2. The lowest BCUT2D eigenvalue weighted by Crippen LogP contribution is -2.39. The molecule has 2 amide bonds. The normalized spacial score (nSPS) is 20.6. The van der Waals surface area contributed by atoms with E-state index in [1.165, 1.54) is 5.56 Å². The Hall–Kier alpha value is -1.84. The fourth-order valence-electron chi connectivity index (χ4n) is 3.31. The van der Waals surface area contributed by atoms with Crippen LogP contribution in [-0.4, -0.2) is 24.4 Å². The van der Waals surface area contributed by atoms with Gasteiger partial charge in [-0.05, 0) is 57.9 Å². The summed E-state index contributed by atoms with van der Waals surface area (Å²) in [5, 5.41) is 6.03. The van der Waals surface area contributed by atoms with Crippen LogP contribution >= 0.6 is 0 Å². The second-order valence-corrected chi connectivity index (χ2v) is 7.09. The van der Waals surface area contributed by atoms with Crippen LogP contribution in [0.15, 0.2) is 30.3 Å². The summed E-state index contributed by atoms with van der Waals surface area (Å²) in [6.07, 6.45) is 5.23. The van der Waals surface area contributed by atoms with Gasteiger partial charge in [0.2, 0.25) is 11.8 Å². The molecular formula is C20H30N2O2. The number of carbonyl (C=O) groups is 2. The van der Waals surface area contributed by atoms with Gasteiger partial charge in [0.05, 0.1) is 0 Å². The van der Waals surface area contributed by atoms with Crippen LogP contribution in [0.5, 0.6) is 0 Å². The Kier molecular flexibility index (Phi) is 7.29. The van der Waals surface area contributed by atoms with E-state index in [1.807, 2.05) is 32.0 Å². The van der Waals surface area contributed by atoms with Gasteiger partial charge >= 0.3 is 0 Å². The van der Waals surface area contributed by atoms with Crippen molar-refractivity contribution in [1.82, 2.24) is 10.6 Å². The Bertz CT molecular complexity index is 520. The van der Waals surface area contributed by atoms with Crippen LogP contribution in [0.2, 0.25) is 0 Å². The van der Waals surface area contributed by atoms with Crippen molar-refractivity contribution in [2.24, 2.45) is 11.8 Å². The molecule has 4 heteroatoms. The molecule has 0 atom stereocenters. The third-order valence-electron chi connectivity index (χ3n) is 4.68. The summed E-state index contributed by atoms with van der Waals surface area (Å²) in [6, 6.07) is 10.5. The number of aryl methyl sites for hydroxylation is 1. The monoisotopic (exact) mass is 330 g/mol. The maximum Gasteiger partial charge on any atom is 0.223 e. The molecule has 2 rings (SSSR count). The topological polar surface area (TPSA) is 58.2 Å². The third-order valence-corrected chi connectivity index (χ3v) is 4.68. The lowest BCUT2D eigenvalue weighted by atomic mass is 9.81. The number of hydrogen-bond acceptors (Lipinski definition) is 2. The first kappa shape index (κ1) is 18.5. The Morgan fingerprint density at radius 2 is 1.58 bits per heavy atom. The molecule has 0 unspecified atom stereocenters. The summed E-state index contributed by atoms with van der Waals surface area (Å²) < 4.78 is 0. The summed E-state index contributed by atoms with van der Waals surface area (Å²) in [6.45, 7) is 4.68. The molecule has 4 nitrogen and oxygen atoms in total. The van der Waals surface area contributed by atoms with E-state index in [2.05, 4.69) is 22.8 Å². The molecule has 0 radical (unpaired) electrons. The van der Waals surface area contributed by atoms with Crippen molar-refractivity contribution in [2.45, 2.75) is 58.4 Å². The molecule has 1 aliphatic rings. The SMILES string of the molecule is CC(C)NC(=O)C1CCC(C(=O)NCCCc2ccccc2)CC1. The Morgan fingerprint density at radius 3 is 2.17 bits per heavy atom. The number of benzene rings is 1. The second-order valence-electron chi connectivity index (χ2n) is 7.09. The van der Waals surface area contributed by atoms with E-state index in [0.29, 0.717) is 0 Å². The van der Waals surface area contributed by atoms with Crippen LogP contribution in [-0.2, 0) is 16.0 Å². The van der Waals surface area contributed by atoms with E-state index in [4.69, 9.17) is 0 Å². The summed E-state index contributed by atoms with van der Waals surface area (Å²) in [7, 11) is 0. The van der Waals surface area contributed by atoms with Crippen LogP contribution in [0.4, 0.5) is 0 Å². The first-order chi connectivity index (χ1) is 11.6. The quantitative estimate of drug-likeness (QED) is 0.755. The lowest BCUT2D eigenvalue weighted by molar-refractivity contribution is -0.130. The first-order valence-corrected chi connectivity index (χ1v) is 9.18. The number of nitrogens with one attached hydrogen (secondary N) is 2. The number of hydrogen-bond donors (Lipinski definition) is 2. The van der Waals surface area contributed by atoms with Crippen LogP contribution in [0.25, 0.3) is 0 Å². The molecule has 24 heavy (non-hydrogen) atoms. The maximum atomic E-state index is 12.3. The zero-order valence-corrected chi connectivity index (χ0v) is 14.9. The van der Waals surface area contributed by atoms with Gasteiger partial charge in [-0.1, -0.05) is 30.3 Å². The molecule has 0 saturated heterocycles. The fourth-order valence-corrected chi connectivity index (χ4v) is 3.31. The standard InChI is InChI=1S/C20H30N2O2/c1-15(2)22-20(24)18-12-10-17(11-13-18)19(23)21-14-6-9-16-7-4-3-5-8-16/h3-5,7-8,15,17-18H,6,9-14H2,1-2H3,(H,21,23)(H,22,24). The van der Waals surface area contributed by atoms with Gasteiger partial charge in [-0.2, -0.15) is 0 Å². The minimum atomic E-state index is 0.0739. The molecule has 1 aromatic carbocycles. The Morgan fingerprint density at radius 1 is 1.00 bits per heavy atom. The fraction of sp³-hybridized carbons (Fsp3) is 0.600. The molecule has 1 aromatic rings. The van der Waals surface area contributed by atoms with Crippen LogP contribution in [0.3, 0.4) is 0 Å². The summed E-state index contributed by atoms with van der Waals surface area (Å²) in [4.78, 5) is 24.3. The third kappa shape index (κ3) is 5.99. The van der Waals surface area contributed by atoms with E-state index in [-0.39, 0.29) is 29.7 Å². The highest BCUT2D eigenvalue weighted by Gasteiger charge is 2.29. The highest BCUT2D eigenvalue weighted by molar-refractivity contribution is 5.81. The molecule has 0 spiro atoms. The van der Waals surface area contributed by atoms with Crippen molar-refractivity contribution < 1.29 is 9.59 Å². The molecular weight excluding hydrogens is 300 g/mol. The molecule has 132 valence electrons. The van der Waals surface area contributed by atoms with Crippen molar-refractivity contribution in [3.63, 3.8) is 0 Å². The van der Waals surface area contributed by atoms with Gasteiger partial charge in [-0.15, -0.1) is 0 Å². The minimum absolute atomic E-state index is 0.0739. The number of rotatable bonds is 7. The molecule has 1 fully saturated rings. The summed E-state index contributed by atoms with van der Waals surface area (Å²) >= 11 is 0. The van der Waals surface area contributed by atoms with Gasteiger partial charge < -0.3 is 10.6 Å². The van der Waals surface area contributed by atoms with E-state index < -0.39 is 0 Å². The summed E-state index contributed by atoms with van der Waals surface area (Å²) in [5.74, 6) is 0.455. The largest absolute Gasteiger partial charge is 0.356 e. The van der Waals surface area contributed by atoms with Crippen molar-refractivity contribution in [3.05, 3.63) is 35.9 Å². The van der Waals surface area contributed by atoms with Gasteiger partial charge in [0.15, 0.2) is 0 Å². The molecule has 0 aliphatic heterocycles. The van der Waals surface area contributed by atoms with Gasteiger partial charge in [0.1, 0.15) is 0 Å². The van der Waals surface area contributed by atoms with Crippen molar-refractivity contribution in [1.29, 1.82) is 0 Å². The highest BCUT2D eigenvalue weighted by atomic mass is 16.2. The molecule has 1 saturated carbocycles. The first-order valence-electron chi connectivity index (χ1n) is 9.18. The van der Waals surface area contributed by atoms with Crippen molar-refractivity contribution in [3.8, 4) is 0 Å². The number of carbonyl (C=O) groups excluding carboxylic acids is 2. The molecule has 0 heterocycles. The summed E-state index contributed by atoms with van der Waals surface area (Å²) in [5.41, 5.74) is 1.31. The van der Waals surface area contributed by atoms with E-state index in [0.717, 1.165) is 45.1 Å². The average molecular weight is 330 g/mol. The molecule has 0 bridgehead atoms. The molecule has 0 aromatic heterocycles. The average Bonchev–Trinajstić information content (AvgIpc) is 2.59. The lowest BCUT2D eigenvalue weighted by Gasteiger charge is -2.27. The molecule has 1 aliphatic carbocycles. The van der Waals surface area contributed by atoms with E-state index in [9.17, 15) is 9.59 Å².